The Morgan fingerprint density at radius 2 is 1.90 bits per heavy atom. The van der Waals surface area contributed by atoms with E-state index in [9.17, 15) is 18.0 Å². The number of carbonyl (C=O) groups is 1. The van der Waals surface area contributed by atoms with Crippen LogP contribution in [0.1, 0.15) is 27.2 Å². The topological polar surface area (TPSA) is 102 Å². The SMILES string of the molecule is COc1ccc(CNc2ccc(-n3ncc(C(=O)O)c3C(F)(F)F)c(N)c2C)cc1. The molecular formula is C20H19F3N4O3. The summed E-state index contributed by atoms with van der Waals surface area (Å²) >= 11 is 0. The molecule has 1 aromatic heterocycles. The number of ether oxygens (including phenoxy) is 1. The number of benzene rings is 2. The zero-order chi connectivity index (χ0) is 22.1. The van der Waals surface area contributed by atoms with Gasteiger partial charge < -0.3 is 20.9 Å². The molecule has 3 aromatic rings. The second kappa shape index (κ2) is 7.97. The number of alkyl halides is 3. The van der Waals surface area contributed by atoms with Gasteiger partial charge >= 0.3 is 12.1 Å². The summed E-state index contributed by atoms with van der Waals surface area (Å²) in [7, 11) is 1.57. The monoisotopic (exact) mass is 420 g/mol. The largest absolute Gasteiger partial charge is 0.497 e. The summed E-state index contributed by atoms with van der Waals surface area (Å²) < 4.78 is 46.1. The van der Waals surface area contributed by atoms with Crippen molar-refractivity contribution >= 4 is 17.3 Å². The highest BCUT2D eigenvalue weighted by Gasteiger charge is 2.41. The average molecular weight is 420 g/mol. The van der Waals surface area contributed by atoms with Crippen LogP contribution in [0.25, 0.3) is 5.69 Å². The number of halogens is 3. The van der Waals surface area contributed by atoms with Gasteiger partial charge in [0.1, 0.15) is 11.3 Å². The first-order chi connectivity index (χ1) is 14.1. The van der Waals surface area contributed by atoms with E-state index >= 15 is 0 Å². The summed E-state index contributed by atoms with van der Waals surface area (Å²) in [5, 5.41) is 15.9. The summed E-state index contributed by atoms with van der Waals surface area (Å²) in [6, 6.07) is 10.3. The fraction of sp³-hybridized carbons (Fsp3) is 0.200. The molecule has 4 N–H and O–H groups in total. The Morgan fingerprint density at radius 1 is 1.23 bits per heavy atom. The van der Waals surface area contributed by atoms with Crippen LogP contribution in [0.5, 0.6) is 5.75 Å². The van der Waals surface area contributed by atoms with Crippen molar-refractivity contribution in [3.63, 3.8) is 0 Å². The first kappa shape index (κ1) is 21.0. The maximum Gasteiger partial charge on any atom is 0.434 e. The summed E-state index contributed by atoms with van der Waals surface area (Å²) in [6.07, 6.45) is -4.26. The fourth-order valence-corrected chi connectivity index (χ4v) is 2.99. The molecule has 0 bridgehead atoms. The number of carboxylic acid groups (broad SMARTS) is 1. The summed E-state index contributed by atoms with van der Waals surface area (Å²) in [5.74, 6) is -0.995. The minimum absolute atomic E-state index is 0.0534. The van der Waals surface area contributed by atoms with Gasteiger partial charge in [-0.05, 0) is 42.3 Å². The Hall–Kier alpha value is -3.69. The van der Waals surface area contributed by atoms with Gasteiger partial charge in [0, 0.05) is 12.2 Å². The van der Waals surface area contributed by atoms with E-state index < -0.39 is 23.4 Å². The van der Waals surface area contributed by atoms with E-state index in [-0.39, 0.29) is 11.4 Å². The molecule has 7 nitrogen and oxygen atoms in total. The number of nitrogens with one attached hydrogen (secondary N) is 1. The van der Waals surface area contributed by atoms with Crippen LogP contribution in [0.15, 0.2) is 42.6 Å². The van der Waals surface area contributed by atoms with Crippen molar-refractivity contribution in [1.82, 2.24) is 9.78 Å². The quantitative estimate of drug-likeness (QED) is 0.519. The third-order valence-electron chi connectivity index (χ3n) is 4.63. The van der Waals surface area contributed by atoms with Crippen LogP contribution < -0.4 is 15.8 Å². The molecule has 0 radical (unpaired) electrons. The number of aromatic carboxylic acids is 1. The van der Waals surface area contributed by atoms with Crippen molar-refractivity contribution in [1.29, 1.82) is 0 Å². The van der Waals surface area contributed by atoms with Gasteiger partial charge in [-0.25, -0.2) is 9.48 Å². The molecule has 0 fully saturated rings. The molecule has 0 unspecified atom stereocenters. The molecule has 0 saturated heterocycles. The Balaban J connectivity index is 1.93. The molecule has 0 aliphatic carbocycles. The Morgan fingerprint density at radius 3 is 2.47 bits per heavy atom. The number of nitrogens with two attached hydrogens (primary N) is 1. The summed E-state index contributed by atoms with van der Waals surface area (Å²) in [5.41, 5.74) is 5.87. The molecule has 0 amide bonds. The first-order valence-electron chi connectivity index (χ1n) is 8.78. The second-order valence-electron chi connectivity index (χ2n) is 6.49. The number of hydrogen-bond donors (Lipinski definition) is 3. The van der Waals surface area contributed by atoms with E-state index in [2.05, 4.69) is 10.4 Å². The lowest BCUT2D eigenvalue weighted by atomic mass is 10.1. The number of rotatable bonds is 6. The van der Waals surface area contributed by atoms with Crippen molar-refractivity contribution in [2.75, 3.05) is 18.2 Å². The van der Waals surface area contributed by atoms with Crippen molar-refractivity contribution in [2.45, 2.75) is 19.6 Å². The second-order valence-corrected chi connectivity index (χ2v) is 6.49. The molecule has 1 heterocycles. The maximum atomic E-state index is 13.5. The van der Waals surface area contributed by atoms with Crippen LogP contribution in [0.2, 0.25) is 0 Å². The van der Waals surface area contributed by atoms with Crippen molar-refractivity contribution in [3.8, 4) is 11.4 Å². The highest BCUT2D eigenvalue weighted by atomic mass is 19.4. The molecule has 2 aromatic carbocycles. The number of anilines is 2. The Kier molecular flexibility index (Phi) is 5.59. The molecule has 0 saturated carbocycles. The number of nitrogen functional groups attached to an aromatic ring is 1. The third-order valence-corrected chi connectivity index (χ3v) is 4.63. The number of nitrogens with zero attached hydrogens (tertiary/aromatic N) is 2. The normalized spacial score (nSPS) is 11.4. The first-order valence-corrected chi connectivity index (χ1v) is 8.78. The van der Waals surface area contributed by atoms with Gasteiger partial charge in [-0.1, -0.05) is 12.1 Å². The van der Waals surface area contributed by atoms with E-state index in [1.165, 1.54) is 6.07 Å². The smallest absolute Gasteiger partial charge is 0.434 e. The number of hydrogen-bond acceptors (Lipinski definition) is 5. The predicted molar refractivity (Wildman–Crippen MR) is 105 cm³/mol. The van der Waals surface area contributed by atoms with Crippen LogP contribution >= 0.6 is 0 Å². The molecule has 0 spiro atoms. The Labute approximate surface area is 169 Å². The van der Waals surface area contributed by atoms with Gasteiger partial charge in [0.25, 0.3) is 0 Å². The van der Waals surface area contributed by atoms with Gasteiger partial charge in [0.15, 0.2) is 5.69 Å². The van der Waals surface area contributed by atoms with Gasteiger partial charge in [-0.15, -0.1) is 0 Å². The average Bonchev–Trinajstić information content (AvgIpc) is 3.15. The van der Waals surface area contributed by atoms with Crippen LogP contribution in [0.4, 0.5) is 24.5 Å². The number of methoxy groups -OCH3 is 1. The highest BCUT2D eigenvalue weighted by Crippen LogP contribution is 2.36. The van der Waals surface area contributed by atoms with Crippen molar-refractivity contribution < 1.29 is 27.8 Å². The van der Waals surface area contributed by atoms with E-state index in [1.807, 2.05) is 24.3 Å². The molecule has 158 valence electrons. The minimum atomic E-state index is -4.92. The van der Waals surface area contributed by atoms with E-state index in [4.69, 9.17) is 15.6 Å². The molecule has 3 rings (SSSR count). The molecular weight excluding hydrogens is 401 g/mol. The predicted octanol–water partition coefficient (Wildman–Crippen LogP) is 4.10. The fourth-order valence-electron chi connectivity index (χ4n) is 2.99. The third kappa shape index (κ3) is 4.02. The highest BCUT2D eigenvalue weighted by molar-refractivity contribution is 5.89. The van der Waals surface area contributed by atoms with Gasteiger partial charge in [-0.2, -0.15) is 18.3 Å². The van der Waals surface area contributed by atoms with Crippen LogP contribution in [-0.2, 0) is 12.7 Å². The molecule has 10 heteroatoms. The van der Waals surface area contributed by atoms with E-state index in [0.717, 1.165) is 11.3 Å². The van der Waals surface area contributed by atoms with Gasteiger partial charge in [0.05, 0.1) is 24.7 Å². The zero-order valence-corrected chi connectivity index (χ0v) is 16.1. The summed E-state index contributed by atoms with van der Waals surface area (Å²) in [6.45, 7) is 2.12. The van der Waals surface area contributed by atoms with Gasteiger partial charge in [0.2, 0.25) is 0 Å². The maximum absolute atomic E-state index is 13.5. The number of aromatic nitrogens is 2. The summed E-state index contributed by atoms with van der Waals surface area (Å²) in [4.78, 5) is 11.2. The van der Waals surface area contributed by atoms with Crippen molar-refractivity contribution in [3.05, 3.63) is 65.0 Å². The van der Waals surface area contributed by atoms with Crippen molar-refractivity contribution in [2.24, 2.45) is 0 Å². The molecule has 0 atom stereocenters. The molecule has 0 aliphatic heterocycles. The lowest BCUT2D eigenvalue weighted by Gasteiger charge is -2.17. The van der Waals surface area contributed by atoms with E-state index in [1.54, 1.807) is 20.1 Å². The van der Waals surface area contributed by atoms with Crippen LogP contribution in [0.3, 0.4) is 0 Å². The zero-order valence-electron chi connectivity index (χ0n) is 16.1. The van der Waals surface area contributed by atoms with Crippen LogP contribution in [0, 0.1) is 6.92 Å². The minimum Gasteiger partial charge on any atom is -0.497 e. The molecule has 0 aliphatic rings. The standard InChI is InChI=1S/C20H19F3N4O3/c1-11-15(25-9-12-3-5-13(30-2)6-4-12)7-8-16(17(11)24)27-18(20(21,22)23)14(10-26-27)19(28)29/h3-8,10,25H,9,24H2,1-2H3,(H,28,29). The Bertz CT molecular complexity index is 1080. The molecule has 30 heavy (non-hydrogen) atoms. The van der Waals surface area contributed by atoms with E-state index in [0.29, 0.717) is 28.7 Å². The van der Waals surface area contributed by atoms with Gasteiger partial charge in [-0.3, -0.25) is 0 Å². The van der Waals surface area contributed by atoms with Crippen LogP contribution in [-0.4, -0.2) is 28.0 Å². The number of carboxylic acids is 1. The lowest BCUT2D eigenvalue weighted by molar-refractivity contribution is -0.143. The lowest BCUT2D eigenvalue weighted by Crippen LogP contribution is -2.18.